The van der Waals surface area contributed by atoms with E-state index in [9.17, 15) is 9.59 Å². The van der Waals surface area contributed by atoms with Gasteiger partial charge in [-0.2, -0.15) is 10.2 Å². The van der Waals surface area contributed by atoms with Crippen LogP contribution in [0.4, 0.5) is 11.4 Å². The fraction of sp³-hybridized carbons (Fsp3) is 0.548. The first kappa shape index (κ1) is 55.5. The van der Waals surface area contributed by atoms with Crippen LogP contribution in [-0.4, -0.2) is 99.8 Å². The summed E-state index contributed by atoms with van der Waals surface area (Å²) >= 11 is 14.1. The normalized spacial score (nSPS) is 19.2. The zero-order chi connectivity index (χ0) is 53.1. The number of Topliss-reactive ketones (excluding diaryl/α,β-unsaturated/α-hetero) is 2. The number of carbonyl (C=O) groups is 2. The van der Waals surface area contributed by atoms with Gasteiger partial charge in [0.2, 0.25) is 0 Å². The van der Waals surface area contributed by atoms with Crippen molar-refractivity contribution < 1.29 is 9.59 Å². The highest BCUT2D eigenvalue weighted by Gasteiger charge is 2.32. The van der Waals surface area contributed by atoms with E-state index in [1.807, 2.05) is 35.6 Å². The highest BCUT2D eigenvalue weighted by atomic mass is 35.5. The lowest BCUT2D eigenvalue weighted by Gasteiger charge is -2.41. The van der Waals surface area contributed by atoms with Crippen molar-refractivity contribution in [2.75, 3.05) is 44.5 Å². The third kappa shape index (κ3) is 12.3. The molecular weight excluding hydrogens is 960 g/mol. The molecule has 12 heteroatoms. The summed E-state index contributed by atoms with van der Waals surface area (Å²) in [6.45, 7) is 14.6. The Labute approximate surface area is 452 Å². The molecule has 10 nitrogen and oxygen atoms in total. The summed E-state index contributed by atoms with van der Waals surface area (Å²) in [4.78, 5) is 39.2. The van der Waals surface area contributed by atoms with Crippen molar-refractivity contribution in [2.24, 2.45) is 25.9 Å². The van der Waals surface area contributed by atoms with Gasteiger partial charge in [-0.3, -0.25) is 19.0 Å². The van der Waals surface area contributed by atoms with Gasteiger partial charge in [0, 0.05) is 120 Å². The van der Waals surface area contributed by atoms with Crippen LogP contribution in [0, 0.1) is 32.6 Å². The average molecular weight is 1040 g/mol. The first-order valence-electron chi connectivity index (χ1n) is 27.8. The molecule has 2 unspecified atom stereocenters. The minimum atomic E-state index is 0.0945. The van der Waals surface area contributed by atoms with E-state index in [4.69, 9.17) is 33.4 Å². The molecule has 2 atom stereocenters. The molecular formula is C62H84Cl2N8O2. The molecule has 2 aromatic heterocycles. The predicted octanol–water partition coefficient (Wildman–Crippen LogP) is 14.0. The summed E-state index contributed by atoms with van der Waals surface area (Å²) in [7, 11) is 12.7. The molecule has 74 heavy (non-hydrogen) atoms. The molecule has 0 spiro atoms. The quantitative estimate of drug-likeness (QED) is 0.0660. The zero-order valence-electron chi connectivity index (χ0n) is 46.7. The summed E-state index contributed by atoms with van der Waals surface area (Å²) in [5.74, 6) is 0.531. The van der Waals surface area contributed by atoms with Crippen molar-refractivity contribution >= 4 is 67.9 Å². The van der Waals surface area contributed by atoms with E-state index in [-0.39, 0.29) is 29.4 Å². The number of benzene rings is 4. The van der Waals surface area contributed by atoms with Gasteiger partial charge < -0.3 is 19.6 Å². The summed E-state index contributed by atoms with van der Waals surface area (Å²) in [6.07, 6.45) is 17.2. The maximum atomic E-state index is 14.7. The number of aromatic nitrogens is 4. The first-order valence-corrected chi connectivity index (χ1v) is 28.5. The van der Waals surface area contributed by atoms with Crippen LogP contribution in [-0.2, 0) is 33.5 Å². The number of fused-ring (bicyclic) bond motifs is 2. The first-order chi connectivity index (χ1) is 35.4. The summed E-state index contributed by atoms with van der Waals surface area (Å²) < 4.78 is 3.79. The van der Waals surface area contributed by atoms with Crippen LogP contribution >= 0.6 is 23.2 Å². The Morgan fingerprint density at radius 2 is 1.07 bits per heavy atom. The lowest BCUT2D eigenvalue weighted by molar-refractivity contribution is 0.0951. The molecule has 2 heterocycles. The third-order valence-corrected chi connectivity index (χ3v) is 17.9. The van der Waals surface area contributed by atoms with E-state index >= 15 is 0 Å². The number of carbonyl (C=O) groups excluding carboxylic acids is 2. The molecule has 0 N–H and O–H groups in total. The number of ketones is 2. The van der Waals surface area contributed by atoms with Gasteiger partial charge in [0.25, 0.3) is 0 Å². The number of hydrogen-bond donors (Lipinski definition) is 0. The van der Waals surface area contributed by atoms with Crippen molar-refractivity contribution in [1.82, 2.24) is 29.4 Å². The van der Waals surface area contributed by atoms with Gasteiger partial charge in [-0.1, -0.05) is 68.1 Å². The molecule has 2 aliphatic carbocycles. The molecule has 2 aliphatic rings. The summed E-state index contributed by atoms with van der Waals surface area (Å²) in [6, 6.07) is 18.5. The van der Waals surface area contributed by atoms with Crippen LogP contribution in [0.25, 0.3) is 21.8 Å². The predicted molar refractivity (Wildman–Crippen MR) is 310 cm³/mol. The minimum Gasteiger partial charge on any atom is -0.369 e. The van der Waals surface area contributed by atoms with Gasteiger partial charge in [-0.25, -0.2) is 0 Å². The van der Waals surface area contributed by atoms with E-state index in [1.165, 1.54) is 35.1 Å². The highest BCUT2D eigenvalue weighted by molar-refractivity contribution is 6.31. The van der Waals surface area contributed by atoms with Gasteiger partial charge in [0.05, 0.1) is 11.0 Å². The second kappa shape index (κ2) is 24.1. The van der Waals surface area contributed by atoms with Crippen LogP contribution in [0.2, 0.25) is 10.0 Å². The van der Waals surface area contributed by atoms with E-state index in [2.05, 4.69) is 138 Å². The molecule has 6 aromatic rings. The Hall–Kier alpha value is -4.74. The molecule has 0 bridgehead atoms. The van der Waals surface area contributed by atoms with Crippen molar-refractivity contribution in [3.8, 4) is 0 Å². The minimum absolute atomic E-state index is 0.0945. The third-order valence-electron chi connectivity index (χ3n) is 17.5. The van der Waals surface area contributed by atoms with E-state index in [1.54, 1.807) is 0 Å². The Morgan fingerprint density at radius 3 is 1.58 bits per heavy atom. The second-order valence-corrected chi connectivity index (χ2v) is 23.6. The zero-order valence-corrected chi connectivity index (χ0v) is 48.2. The smallest absolute Gasteiger partial charge is 0.163 e. The maximum absolute atomic E-state index is 14.7. The largest absolute Gasteiger partial charge is 0.369 e. The maximum Gasteiger partial charge on any atom is 0.163 e. The lowest BCUT2D eigenvalue weighted by Crippen LogP contribution is -2.42. The van der Waals surface area contributed by atoms with Gasteiger partial charge >= 0.3 is 0 Å². The topological polar surface area (TPSA) is 82.7 Å². The van der Waals surface area contributed by atoms with E-state index in [0.717, 1.165) is 121 Å². The Balaban J connectivity index is 1.09. The van der Waals surface area contributed by atoms with Crippen LogP contribution in [0.15, 0.2) is 60.9 Å². The fourth-order valence-corrected chi connectivity index (χ4v) is 13.3. The molecule has 2 fully saturated rings. The second-order valence-electron chi connectivity index (χ2n) is 22.7. The molecule has 0 saturated heterocycles. The van der Waals surface area contributed by atoms with Crippen molar-refractivity contribution in [2.45, 2.75) is 162 Å². The summed E-state index contributed by atoms with van der Waals surface area (Å²) in [5.41, 5.74) is 12.4. The highest BCUT2D eigenvalue weighted by Crippen LogP contribution is 2.40. The Morgan fingerprint density at radius 1 is 0.595 bits per heavy atom. The SMILES string of the molecule is CCC(CC(=O)c1cc(Cl)cc(N(Cc2cc3cn(C)nc3c(CC(CC)CC(=O)c3cc(Cl)cc(N(CC)C4CCC(N(C)C)CC4)c3C)c2C)C2CCC(N(C)C)CC2)c1C)Cc1cccc2cn(C)nc12. The van der Waals surface area contributed by atoms with Crippen LogP contribution in [0.1, 0.15) is 152 Å². The molecule has 2 saturated carbocycles. The number of rotatable bonds is 21. The summed E-state index contributed by atoms with van der Waals surface area (Å²) in [5, 5.41) is 13.3. The molecule has 4 aromatic carbocycles. The number of anilines is 2. The van der Waals surface area contributed by atoms with Gasteiger partial charge in [-0.05, 0) is 196 Å². The molecule has 0 aliphatic heterocycles. The van der Waals surface area contributed by atoms with E-state index < -0.39 is 0 Å². The van der Waals surface area contributed by atoms with Crippen molar-refractivity contribution in [3.63, 3.8) is 0 Å². The number of aryl methyl sites for hydroxylation is 2. The van der Waals surface area contributed by atoms with Gasteiger partial charge in [0.15, 0.2) is 11.6 Å². The van der Waals surface area contributed by atoms with Gasteiger partial charge in [0.1, 0.15) is 0 Å². The standard InChI is InChI=1S/C62H84Cl2N8O2/c1-13-42(27-44-17-16-18-45-36-69(11)65-61(44)45)29-59(73)55-33-49(64)35-58(41(55)6)72(53-25-21-51(22-26-53)68(9)10)38-46-31-47-37-70(12)66-62(47)56(39(46)4)28-43(14-2)30-60(74)54-32-48(63)34-57(40(54)5)71(15-3)52-23-19-50(20-24-52)67(7)8/h16-18,31-37,42-43,50-53H,13-15,19-30,38H2,1-12H3. The monoisotopic (exact) mass is 1040 g/mol. The number of nitrogens with zero attached hydrogens (tertiary/aromatic N) is 8. The lowest BCUT2D eigenvalue weighted by atomic mass is 9.85. The Bertz CT molecular complexity index is 2940. The average Bonchev–Trinajstić information content (AvgIpc) is 3.96. The van der Waals surface area contributed by atoms with Crippen LogP contribution in [0.5, 0.6) is 0 Å². The van der Waals surface area contributed by atoms with Crippen molar-refractivity contribution in [3.05, 3.63) is 115 Å². The van der Waals surface area contributed by atoms with Gasteiger partial charge in [-0.15, -0.1) is 0 Å². The molecule has 0 amide bonds. The Kier molecular flexibility index (Phi) is 18.1. The molecule has 8 rings (SSSR count). The van der Waals surface area contributed by atoms with Crippen molar-refractivity contribution in [1.29, 1.82) is 0 Å². The molecule has 398 valence electrons. The number of hydrogen-bond acceptors (Lipinski definition) is 8. The number of halogens is 2. The van der Waals surface area contributed by atoms with Crippen LogP contribution < -0.4 is 9.80 Å². The van der Waals surface area contributed by atoms with E-state index in [0.29, 0.717) is 53.1 Å². The van der Waals surface area contributed by atoms with Crippen LogP contribution in [0.3, 0.4) is 0 Å². The molecule has 0 radical (unpaired) electrons. The fourth-order valence-electron chi connectivity index (χ4n) is 12.9.